The number of anilines is 1. The summed E-state index contributed by atoms with van der Waals surface area (Å²) >= 11 is 1.35. The van der Waals surface area contributed by atoms with Gasteiger partial charge in [0.15, 0.2) is 0 Å². The number of benzene rings is 2. The number of nitrogens with zero attached hydrogens (tertiary/aromatic N) is 2. The van der Waals surface area contributed by atoms with Crippen LogP contribution < -0.4 is 5.32 Å². The minimum atomic E-state index is -4.41. The van der Waals surface area contributed by atoms with Gasteiger partial charge in [0, 0.05) is 11.9 Å². The first-order chi connectivity index (χ1) is 11.5. The lowest BCUT2D eigenvalue weighted by Crippen LogP contribution is -2.05. The summed E-state index contributed by atoms with van der Waals surface area (Å²) in [7, 11) is 0. The maximum absolute atomic E-state index is 12.7. The molecule has 0 aliphatic heterocycles. The van der Waals surface area contributed by atoms with Crippen LogP contribution in [-0.2, 0) is 6.18 Å². The van der Waals surface area contributed by atoms with Crippen molar-refractivity contribution in [3.05, 3.63) is 65.3 Å². The topological polar surface area (TPSA) is 48.7 Å². The Labute approximate surface area is 139 Å². The number of aromatic nitrogens is 1. The predicted molar refractivity (Wildman–Crippen MR) is 88.3 cm³/mol. The van der Waals surface area contributed by atoms with Crippen molar-refractivity contribution >= 4 is 32.8 Å². The van der Waals surface area contributed by atoms with Crippen LogP contribution in [0.3, 0.4) is 0 Å². The summed E-state index contributed by atoms with van der Waals surface area (Å²) in [6.45, 7) is 0. The van der Waals surface area contributed by atoms with Crippen LogP contribution in [0, 0.1) is 11.3 Å². The van der Waals surface area contributed by atoms with Crippen LogP contribution in [-0.4, -0.2) is 4.98 Å². The molecule has 0 saturated heterocycles. The maximum Gasteiger partial charge on any atom is 0.416 e. The normalized spacial score (nSPS) is 12.2. The van der Waals surface area contributed by atoms with Gasteiger partial charge in [-0.2, -0.15) is 18.4 Å². The summed E-state index contributed by atoms with van der Waals surface area (Å²) in [6, 6.07) is 14.3. The molecule has 2 aromatic carbocycles. The third kappa shape index (κ3) is 3.39. The fourth-order valence-electron chi connectivity index (χ4n) is 2.07. The van der Waals surface area contributed by atoms with Gasteiger partial charge in [0.2, 0.25) is 0 Å². The lowest BCUT2D eigenvalue weighted by Gasteiger charge is -2.08. The second kappa shape index (κ2) is 6.34. The van der Waals surface area contributed by atoms with Gasteiger partial charge in [0.05, 0.1) is 15.8 Å². The van der Waals surface area contributed by atoms with Gasteiger partial charge < -0.3 is 5.32 Å². The van der Waals surface area contributed by atoms with Gasteiger partial charge in [-0.15, -0.1) is 11.3 Å². The largest absolute Gasteiger partial charge is 0.416 e. The molecule has 24 heavy (non-hydrogen) atoms. The second-order valence-corrected chi connectivity index (χ2v) is 5.91. The zero-order chi connectivity index (χ0) is 17.2. The minimum absolute atomic E-state index is 0.249. The lowest BCUT2D eigenvalue weighted by atomic mass is 10.2. The highest BCUT2D eigenvalue weighted by Gasteiger charge is 2.30. The summed E-state index contributed by atoms with van der Waals surface area (Å²) in [5, 5.41) is 12.5. The van der Waals surface area contributed by atoms with Crippen molar-refractivity contribution in [2.45, 2.75) is 6.18 Å². The van der Waals surface area contributed by atoms with E-state index in [1.807, 2.05) is 30.3 Å². The molecule has 1 N–H and O–H groups in total. The summed E-state index contributed by atoms with van der Waals surface area (Å²) in [5.74, 6) is 0. The molecule has 1 aromatic heterocycles. The fraction of sp³-hybridized carbons (Fsp3) is 0.0588. The number of rotatable bonds is 3. The molecule has 0 unspecified atom stereocenters. The van der Waals surface area contributed by atoms with Gasteiger partial charge in [-0.25, -0.2) is 4.98 Å². The number of thiazole rings is 1. The Hall–Kier alpha value is -2.85. The molecule has 1 heterocycles. The first-order valence-electron chi connectivity index (χ1n) is 6.87. The van der Waals surface area contributed by atoms with Gasteiger partial charge in [0.1, 0.15) is 16.6 Å². The van der Waals surface area contributed by atoms with E-state index in [1.165, 1.54) is 29.7 Å². The number of hydrogen-bond acceptors (Lipinski definition) is 4. The molecular formula is C17H10F3N3S. The lowest BCUT2D eigenvalue weighted by molar-refractivity contribution is -0.137. The summed E-state index contributed by atoms with van der Waals surface area (Å²) in [4.78, 5) is 4.36. The van der Waals surface area contributed by atoms with E-state index in [4.69, 9.17) is 0 Å². The van der Waals surface area contributed by atoms with E-state index in [9.17, 15) is 18.4 Å². The monoisotopic (exact) mass is 345 g/mol. The number of nitrogens with one attached hydrogen (secondary N) is 1. The summed E-state index contributed by atoms with van der Waals surface area (Å²) < 4.78 is 39.1. The summed E-state index contributed by atoms with van der Waals surface area (Å²) in [5.41, 5.74) is 0.532. The highest BCUT2D eigenvalue weighted by atomic mass is 32.1. The highest BCUT2D eigenvalue weighted by Crippen LogP contribution is 2.31. The Morgan fingerprint density at radius 1 is 1.17 bits per heavy atom. The van der Waals surface area contributed by atoms with Crippen molar-refractivity contribution in [3.63, 3.8) is 0 Å². The van der Waals surface area contributed by atoms with Crippen molar-refractivity contribution in [1.29, 1.82) is 5.26 Å². The number of hydrogen-bond donors (Lipinski definition) is 1. The van der Waals surface area contributed by atoms with Gasteiger partial charge in [-0.1, -0.05) is 18.2 Å². The third-order valence-corrected chi connectivity index (χ3v) is 4.29. The summed E-state index contributed by atoms with van der Waals surface area (Å²) in [6.07, 6.45) is -3.04. The number of fused-ring (bicyclic) bond motifs is 1. The van der Waals surface area contributed by atoms with Crippen LogP contribution in [0.2, 0.25) is 0 Å². The fourth-order valence-corrected chi connectivity index (χ4v) is 3.00. The SMILES string of the molecule is N#CC(=CNc1cccc(C(F)(F)F)c1)c1nc2ccccc2s1. The van der Waals surface area contributed by atoms with Crippen LogP contribution in [0.5, 0.6) is 0 Å². The molecule has 0 bridgehead atoms. The van der Waals surface area contributed by atoms with E-state index in [2.05, 4.69) is 10.3 Å². The van der Waals surface area contributed by atoms with Crippen LogP contribution in [0.1, 0.15) is 10.6 Å². The molecule has 3 rings (SSSR count). The number of para-hydroxylation sites is 1. The average Bonchev–Trinajstić information content (AvgIpc) is 2.99. The van der Waals surface area contributed by atoms with E-state index in [-0.39, 0.29) is 11.3 Å². The van der Waals surface area contributed by atoms with E-state index in [0.29, 0.717) is 5.01 Å². The molecule has 0 aliphatic carbocycles. The van der Waals surface area contributed by atoms with Crippen LogP contribution >= 0.6 is 11.3 Å². The Balaban J connectivity index is 1.88. The van der Waals surface area contributed by atoms with Crippen molar-refractivity contribution in [3.8, 4) is 6.07 Å². The zero-order valence-corrected chi connectivity index (χ0v) is 12.9. The van der Waals surface area contributed by atoms with Gasteiger partial charge in [0.25, 0.3) is 0 Å². The number of alkyl halides is 3. The second-order valence-electron chi connectivity index (χ2n) is 4.88. The van der Waals surface area contributed by atoms with E-state index in [0.717, 1.165) is 22.3 Å². The first kappa shape index (κ1) is 16.0. The third-order valence-electron chi connectivity index (χ3n) is 3.22. The molecule has 0 atom stereocenters. The molecule has 0 radical (unpaired) electrons. The average molecular weight is 345 g/mol. The molecule has 120 valence electrons. The van der Waals surface area contributed by atoms with Crippen molar-refractivity contribution in [2.75, 3.05) is 5.32 Å². The first-order valence-corrected chi connectivity index (χ1v) is 7.69. The van der Waals surface area contributed by atoms with Crippen molar-refractivity contribution < 1.29 is 13.2 Å². The molecule has 3 nitrogen and oxygen atoms in total. The van der Waals surface area contributed by atoms with Gasteiger partial charge >= 0.3 is 6.18 Å². The molecule has 3 aromatic rings. The van der Waals surface area contributed by atoms with E-state index < -0.39 is 11.7 Å². The Morgan fingerprint density at radius 3 is 2.67 bits per heavy atom. The molecule has 0 spiro atoms. The molecule has 7 heteroatoms. The van der Waals surface area contributed by atoms with E-state index in [1.54, 1.807) is 0 Å². The van der Waals surface area contributed by atoms with E-state index >= 15 is 0 Å². The maximum atomic E-state index is 12.7. The number of allylic oxidation sites excluding steroid dienone is 1. The molecule has 0 fully saturated rings. The quantitative estimate of drug-likeness (QED) is 0.656. The van der Waals surface area contributed by atoms with Crippen LogP contribution in [0.25, 0.3) is 15.8 Å². The smallest absolute Gasteiger partial charge is 0.360 e. The Kier molecular flexibility index (Phi) is 4.23. The van der Waals surface area contributed by atoms with Gasteiger partial charge in [-0.05, 0) is 30.3 Å². The Bertz CT molecular complexity index is 918. The molecule has 0 amide bonds. The van der Waals surface area contributed by atoms with Crippen LogP contribution in [0.4, 0.5) is 18.9 Å². The van der Waals surface area contributed by atoms with Crippen molar-refractivity contribution in [2.24, 2.45) is 0 Å². The predicted octanol–water partition coefficient (Wildman–Crippen LogP) is 5.29. The number of halogens is 3. The highest BCUT2D eigenvalue weighted by molar-refractivity contribution is 7.19. The zero-order valence-electron chi connectivity index (χ0n) is 12.1. The van der Waals surface area contributed by atoms with Crippen molar-refractivity contribution in [1.82, 2.24) is 4.98 Å². The Morgan fingerprint density at radius 2 is 1.96 bits per heavy atom. The van der Waals surface area contributed by atoms with Crippen LogP contribution in [0.15, 0.2) is 54.7 Å². The molecular weight excluding hydrogens is 335 g/mol. The number of nitriles is 1. The van der Waals surface area contributed by atoms with Gasteiger partial charge in [-0.3, -0.25) is 0 Å². The minimum Gasteiger partial charge on any atom is -0.360 e. The molecule has 0 aliphatic rings. The standard InChI is InChI=1S/C17H10F3N3S/c18-17(19,20)12-4-3-5-13(8-12)22-10-11(9-21)16-23-14-6-1-2-7-15(14)24-16/h1-8,10,22H. The molecule has 0 saturated carbocycles.